The molecule has 0 fully saturated rings. The van der Waals surface area contributed by atoms with Crippen LogP contribution >= 0.6 is 0 Å². The zero-order chi connectivity index (χ0) is 12.1. The van der Waals surface area contributed by atoms with Gasteiger partial charge in [0.2, 0.25) is 0 Å². The van der Waals surface area contributed by atoms with Gasteiger partial charge in [0, 0.05) is 6.07 Å². The lowest BCUT2D eigenvalue weighted by Crippen LogP contribution is -2.25. The summed E-state index contributed by atoms with van der Waals surface area (Å²) in [6, 6.07) is 3.73. The zero-order valence-corrected chi connectivity index (χ0v) is 9.23. The van der Waals surface area contributed by atoms with Crippen molar-refractivity contribution in [2.24, 2.45) is 5.92 Å². The van der Waals surface area contributed by atoms with Crippen LogP contribution in [0, 0.1) is 5.92 Å². The van der Waals surface area contributed by atoms with E-state index < -0.39 is 5.91 Å². The molecule has 0 unspecified atom stereocenters. The van der Waals surface area contributed by atoms with E-state index in [1.807, 2.05) is 13.8 Å². The van der Waals surface area contributed by atoms with E-state index in [9.17, 15) is 9.90 Å². The summed E-state index contributed by atoms with van der Waals surface area (Å²) < 4.78 is 0. The molecule has 5 nitrogen and oxygen atoms in total. The van der Waals surface area contributed by atoms with E-state index in [-0.39, 0.29) is 17.1 Å². The minimum atomic E-state index is -0.543. The number of amides is 1. The molecule has 0 aliphatic carbocycles. The average molecular weight is 225 g/mol. The number of hydrogen-bond acceptors (Lipinski definition) is 4. The van der Waals surface area contributed by atoms with Gasteiger partial charge in [-0.3, -0.25) is 9.63 Å². The van der Waals surface area contributed by atoms with Gasteiger partial charge in [-0.2, -0.15) is 0 Å². The van der Waals surface area contributed by atoms with Gasteiger partial charge in [-0.1, -0.05) is 13.8 Å². The molecular formula is C11H15NO4. The quantitative estimate of drug-likeness (QED) is 0.677. The Morgan fingerprint density at radius 3 is 2.69 bits per heavy atom. The Morgan fingerprint density at radius 1 is 1.44 bits per heavy atom. The van der Waals surface area contributed by atoms with Crippen molar-refractivity contribution < 1.29 is 19.8 Å². The van der Waals surface area contributed by atoms with Gasteiger partial charge in [-0.15, -0.1) is 0 Å². The third-order valence-electron chi connectivity index (χ3n) is 1.81. The largest absolute Gasteiger partial charge is 0.508 e. The summed E-state index contributed by atoms with van der Waals surface area (Å²) in [6.07, 6.45) is 0. The Hall–Kier alpha value is -1.75. The van der Waals surface area contributed by atoms with Gasteiger partial charge in [-0.05, 0) is 18.1 Å². The second-order valence-corrected chi connectivity index (χ2v) is 3.84. The molecule has 0 saturated heterocycles. The van der Waals surface area contributed by atoms with Gasteiger partial charge in [0.05, 0.1) is 12.2 Å². The topological polar surface area (TPSA) is 78.8 Å². The molecule has 0 aliphatic rings. The van der Waals surface area contributed by atoms with Crippen molar-refractivity contribution in [2.45, 2.75) is 13.8 Å². The van der Waals surface area contributed by atoms with Crippen LogP contribution in [0.3, 0.4) is 0 Å². The second-order valence-electron chi connectivity index (χ2n) is 3.84. The Labute approximate surface area is 93.6 Å². The van der Waals surface area contributed by atoms with Crippen molar-refractivity contribution in [3.8, 4) is 11.5 Å². The van der Waals surface area contributed by atoms with Crippen molar-refractivity contribution >= 4 is 5.91 Å². The highest BCUT2D eigenvalue weighted by molar-refractivity contribution is 5.96. The normalized spacial score (nSPS) is 10.4. The summed E-state index contributed by atoms with van der Waals surface area (Å²) >= 11 is 0. The molecule has 0 saturated carbocycles. The van der Waals surface area contributed by atoms with Gasteiger partial charge in [0.1, 0.15) is 11.5 Å². The van der Waals surface area contributed by atoms with Crippen LogP contribution in [0.5, 0.6) is 11.5 Å². The number of carbonyl (C=O) groups is 1. The van der Waals surface area contributed by atoms with Crippen molar-refractivity contribution in [1.82, 2.24) is 5.48 Å². The smallest absolute Gasteiger partial charge is 0.278 e. The molecular weight excluding hydrogens is 210 g/mol. The lowest BCUT2D eigenvalue weighted by Gasteiger charge is -2.08. The minimum Gasteiger partial charge on any atom is -0.508 e. The Balaban J connectivity index is 2.59. The van der Waals surface area contributed by atoms with Crippen molar-refractivity contribution in [2.75, 3.05) is 6.61 Å². The molecule has 0 atom stereocenters. The lowest BCUT2D eigenvalue weighted by atomic mass is 10.2. The molecule has 3 N–H and O–H groups in total. The van der Waals surface area contributed by atoms with Crippen LogP contribution in [-0.4, -0.2) is 22.7 Å². The number of phenols is 2. The van der Waals surface area contributed by atoms with E-state index in [1.54, 1.807) is 0 Å². The lowest BCUT2D eigenvalue weighted by molar-refractivity contribution is 0.0207. The summed E-state index contributed by atoms with van der Waals surface area (Å²) in [7, 11) is 0. The molecule has 0 spiro atoms. The maximum atomic E-state index is 11.5. The molecule has 0 aliphatic heterocycles. The standard InChI is InChI=1S/C11H15NO4/c1-7(2)6-16-12-11(15)9-4-3-8(13)5-10(9)14/h3-5,7,13-14H,6H2,1-2H3,(H,12,15). The Bertz CT molecular complexity index is 376. The van der Waals surface area contributed by atoms with Crippen molar-refractivity contribution in [3.05, 3.63) is 23.8 Å². The predicted molar refractivity (Wildman–Crippen MR) is 58.0 cm³/mol. The van der Waals surface area contributed by atoms with Crippen LogP contribution in [0.15, 0.2) is 18.2 Å². The molecule has 88 valence electrons. The highest BCUT2D eigenvalue weighted by atomic mass is 16.6. The van der Waals surface area contributed by atoms with Gasteiger partial charge in [-0.25, -0.2) is 5.48 Å². The fourth-order valence-electron chi connectivity index (χ4n) is 1.04. The summed E-state index contributed by atoms with van der Waals surface area (Å²) in [4.78, 5) is 16.4. The molecule has 1 aromatic rings. The van der Waals surface area contributed by atoms with Crippen LogP contribution in [0.4, 0.5) is 0 Å². The first-order valence-corrected chi connectivity index (χ1v) is 4.95. The molecule has 1 amide bonds. The number of carbonyl (C=O) groups excluding carboxylic acids is 1. The molecule has 16 heavy (non-hydrogen) atoms. The van der Waals surface area contributed by atoms with E-state index in [2.05, 4.69) is 5.48 Å². The first-order valence-electron chi connectivity index (χ1n) is 4.95. The molecule has 1 aromatic carbocycles. The van der Waals surface area contributed by atoms with E-state index in [0.29, 0.717) is 12.5 Å². The van der Waals surface area contributed by atoms with Crippen molar-refractivity contribution in [1.29, 1.82) is 0 Å². The predicted octanol–water partition coefficient (Wildman–Crippen LogP) is 1.42. The van der Waals surface area contributed by atoms with Crippen LogP contribution in [-0.2, 0) is 4.84 Å². The maximum Gasteiger partial charge on any atom is 0.278 e. The molecule has 5 heteroatoms. The first-order chi connectivity index (χ1) is 7.50. The SMILES string of the molecule is CC(C)CONC(=O)c1ccc(O)cc1O. The molecule has 0 heterocycles. The summed E-state index contributed by atoms with van der Waals surface area (Å²) in [5.41, 5.74) is 2.27. The monoisotopic (exact) mass is 225 g/mol. The number of rotatable bonds is 4. The van der Waals surface area contributed by atoms with Crippen LogP contribution in [0.25, 0.3) is 0 Å². The van der Waals surface area contributed by atoms with Crippen LogP contribution in [0.1, 0.15) is 24.2 Å². The fraction of sp³-hybridized carbons (Fsp3) is 0.364. The molecule has 1 rings (SSSR count). The Kier molecular flexibility index (Phi) is 4.13. The number of hydrogen-bond donors (Lipinski definition) is 3. The van der Waals surface area contributed by atoms with Gasteiger partial charge in [0.15, 0.2) is 0 Å². The summed E-state index contributed by atoms with van der Waals surface area (Å²) in [5, 5.41) is 18.4. The van der Waals surface area contributed by atoms with Crippen LogP contribution < -0.4 is 5.48 Å². The van der Waals surface area contributed by atoms with Gasteiger partial charge < -0.3 is 10.2 Å². The number of nitrogens with one attached hydrogen (secondary N) is 1. The summed E-state index contributed by atoms with van der Waals surface area (Å²) in [5.74, 6) is -0.630. The van der Waals surface area contributed by atoms with Gasteiger partial charge in [0.25, 0.3) is 5.91 Å². The zero-order valence-electron chi connectivity index (χ0n) is 9.23. The number of hydroxylamine groups is 1. The van der Waals surface area contributed by atoms with Gasteiger partial charge >= 0.3 is 0 Å². The first kappa shape index (κ1) is 12.3. The number of phenolic OH excluding ortho intramolecular Hbond substituents is 2. The molecule has 0 aromatic heterocycles. The molecule has 0 radical (unpaired) electrons. The maximum absolute atomic E-state index is 11.5. The number of aromatic hydroxyl groups is 2. The summed E-state index contributed by atoms with van der Waals surface area (Å²) in [6.45, 7) is 4.29. The van der Waals surface area contributed by atoms with E-state index in [4.69, 9.17) is 9.94 Å². The fourth-order valence-corrected chi connectivity index (χ4v) is 1.04. The Morgan fingerprint density at radius 2 is 2.12 bits per heavy atom. The third kappa shape index (κ3) is 3.43. The van der Waals surface area contributed by atoms with Crippen LogP contribution in [0.2, 0.25) is 0 Å². The van der Waals surface area contributed by atoms with Crippen molar-refractivity contribution in [3.63, 3.8) is 0 Å². The van der Waals surface area contributed by atoms with E-state index in [1.165, 1.54) is 12.1 Å². The minimum absolute atomic E-state index is 0.0570. The van der Waals surface area contributed by atoms with E-state index in [0.717, 1.165) is 6.07 Å². The number of benzene rings is 1. The van der Waals surface area contributed by atoms with E-state index >= 15 is 0 Å². The highest BCUT2D eigenvalue weighted by Crippen LogP contribution is 2.22. The highest BCUT2D eigenvalue weighted by Gasteiger charge is 2.11. The molecule has 0 bridgehead atoms. The second kappa shape index (κ2) is 5.37. The third-order valence-corrected chi connectivity index (χ3v) is 1.81. The average Bonchev–Trinajstić information content (AvgIpc) is 2.16.